The molecule has 2 saturated carbocycles. The number of rotatable bonds is 1. The Morgan fingerprint density at radius 1 is 0.526 bits per heavy atom. The fourth-order valence-corrected chi connectivity index (χ4v) is 2.88. The maximum absolute atomic E-state index is 14.1. The van der Waals surface area contributed by atoms with Gasteiger partial charge < -0.3 is 0 Å². The molecule has 0 aromatic rings. The lowest BCUT2D eigenvalue weighted by molar-refractivity contribution is -0.303. The summed E-state index contributed by atoms with van der Waals surface area (Å²) in [7, 11) is 0. The van der Waals surface area contributed by atoms with Crippen LogP contribution in [0.3, 0.4) is 0 Å². The van der Waals surface area contributed by atoms with Crippen molar-refractivity contribution < 1.29 is 39.5 Å². The normalized spacial score (nSPS) is 34.6. The molecular formula is C10H9F9. The molecular weight excluding hydrogens is 291 g/mol. The van der Waals surface area contributed by atoms with Crippen molar-refractivity contribution in [1.82, 2.24) is 0 Å². The molecule has 2 aliphatic rings. The summed E-state index contributed by atoms with van der Waals surface area (Å²) >= 11 is 0. The predicted molar refractivity (Wildman–Crippen MR) is 45.6 cm³/mol. The first-order chi connectivity index (χ1) is 8.36. The van der Waals surface area contributed by atoms with E-state index in [1.807, 2.05) is 0 Å². The lowest BCUT2D eigenvalue weighted by Crippen LogP contribution is -2.58. The largest absolute Gasteiger partial charge is 0.381 e. The molecule has 0 aliphatic heterocycles. The zero-order chi connectivity index (χ0) is 14.9. The van der Waals surface area contributed by atoms with Crippen molar-refractivity contribution >= 4 is 0 Å². The molecule has 0 bridgehead atoms. The van der Waals surface area contributed by atoms with E-state index in [1.54, 1.807) is 0 Å². The molecule has 2 aliphatic carbocycles. The third kappa shape index (κ3) is 1.25. The summed E-state index contributed by atoms with van der Waals surface area (Å²) in [4.78, 5) is 0. The van der Waals surface area contributed by atoms with E-state index in [2.05, 4.69) is 0 Å². The fourth-order valence-electron chi connectivity index (χ4n) is 2.88. The van der Waals surface area contributed by atoms with Crippen molar-refractivity contribution in [3.05, 3.63) is 0 Å². The van der Waals surface area contributed by atoms with Gasteiger partial charge in [0.25, 0.3) is 5.67 Å². The summed E-state index contributed by atoms with van der Waals surface area (Å²) in [6.45, 7) is 0. The third-order valence-corrected chi connectivity index (χ3v) is 4.01. The van der Waals surface area contributed by atoms with Crippen LogP contribution in [0.4, 0.5) is 39.5 Å². The lowest BCUT2D eigenvalue weighted by Gasteiger charge is -2.35. The van der Waals surface area contributed by atoms with Gasteiger partial charge >= 0.3 is 23.7 Å². The zero-order valence-electron chi connectivity index (χ0n) is 9.31. The van der Waals surface area contributed by atoms with Crippen LogP contribution in [0.5, 0.6) is 0 Å². The smallest absolute Gasteiger partial charge is 0.230 e. The van der Waals surface area contributed by atoms with Crippen LogP contribution in [0, 0.1) is 5.92 Å². The summed E-state index contributed by atoms with van der Waals surface area (Å²) in [6.07, 6.45) is -0.985. The third-order valence-electron chi connectivity index (χ3n) is 4.01. The van der Waals surface area contributed by atoms with Crippen LogP contribution in [-0.2, 0) is 0 Å². The minimum absolute atomic E-state index is 0.0552. The number of alkyl halides is 9. The molecule has 0 saturated heterocycles. The maximum atomic E-state index is 14.1. The van der Waals surface area contributed by atoms with Gasteiger partial charge in [0.1, 0.15) is 0 Å². The van der Waals surface area contributed by atoms with Gasteiger partial charge in [-0.2, -0.15) is 35.1 Å². The minimum Gasteiger partial charge on any atom is -0.230 e. The van der Waals surface area contributed by atoms with E-state index < -0.39 is 48.1 Å². The van der Waals surface area contributed by atoms with Crippen molar-refractivity contribution in [3.8, 4) is 0 Å². The van der Waals surface area contributed by atoms with E-state index in [1.165, 1.54) is 0 Å². The van der Waals surface area contributed by atoms with E-state index >= 15 is 0 Å². The SMILES string of the molecule is FC1(F)C(F)(F)C(F)(F)C(F)(C2CCCC2)C1(F)F. The fraction of sp³-hybridized carbons (Fsp3) is 1.00. The first kappa shape index (κ1) is 14.8. The predicted octanol–water partition coefficient (Wildman–Crippen LogP) is 4.44. The molecule has 9 heteroatoms. The van der Waals surface area contributed by atoms with Gasteiger partial charge in [0.05, 0.1) is 0 Å². The maximum Gasteiger partial charge on any atom is 0.381 e. The van der Waals surface area contributed by atoms with Crippen LogP contribution in [0.15, 0.2) is 0 Å². The summed E-state index contributed by atoms with van der Waals surface area (Å²) in [5.74, 6) is -27.3. The number of halogens is 9. The van der Waals surface area contributed by atoms with E-state index in [4.69, 9.17) is 0 Å². The monoisotopic (exact) mass is 300 g/mol. The molecule has 112 valence electrons. The summed E-state index contributed by atoms with van der Waals surface area (Å²) < 4.78 is 119. The lowest BCUT2D eigenvalue weighted by atomic mass is 9.81. The van der Waals surface area contributed by atoms with Crippen LogP contribution in [0.1, 0.15) is 25.7 Å². The topological polar surface area (TPSA) is 0 Å². The molecule has 0 radical (unpaired) electrons. The zero-order valence-corrected chi connectivity index (χ0v) is 9.31. The highest BCUT2D eigenvalue weighted by Gasteiger charge is 3.01. The Kier molecular flexibility index (Phi) is 2.74. The molecule has 0 atom stereocenters. The molecule has 19 heavy (non-hydrogen) atoms. The number of hydrogen-bond acceptors (Lipinski definition) is 0. The minimum atomic E-state index is -6.43. The van der Waals surface area contributed by atoms with E-state index in [0.717, 1.165) is 0 Å². The van der Waals surface area contributed by atoms with Crippen LogP contribution >= 0.6 is 0 Å². The van der Waals surface area contributed by atoms with E-state index in [-0.39, 0.29) is 12.8 Å². The summed E-state index contributed by atoms with van der Waals surface area (Å²) in [5.41, 5.74) is -5.23. The average molecular weight is 300 g/mol. The van der Waals surface area contributed by atoms with Gasteiger partial charge in [-0.3, -0.25) is 0 Å². The van der Waals surface area contributed by atoms with Crippen LogP contribution in [0.2, 0.25) is 0 Å². The molecule has 0 nitrogen and oxygen atoms in total. The van der Waals surface area contributed by atoms with E-state index in [9.17, 15) is 39.5 Å². The van der Waals surface area contributed by atoms with Gasteiger partial charge in [0.15, 0.2) is 0 Å². The standard InChI is InChI=1S/C10H9F9/c11-6(5-3-1-2-4-5)7(12,13)9(16,17)10(18,19)8(6,14)15/h5H,1-4H2. The molecule has 0 aromatic heterocycles. The van der Waals surface area contributed by atoms with Gasteiger partial charge in [0, 0.05) is 5.92 Å². The second-order valence-electron chi connectivity index (χ2n) is 4.99. The Labute approximate surface area is 102 Å². The molecule has 2 fully saturated rings. The van der Waals surface area contributed by atoms with E-state index in [0.29, 0.717) is 0 Å². The Morgan fingerprint density at radius 3 is 1.16 bits per heavy atom. The summed E-state index contributed by atoms with van der Waals surface area (Å²) in [6, 6.07) is 0. The second kappa shape index (κ2) is 3.52. The molecule has 0 N–H and O–H groups in total. The van der Waals surface area contributed by atoms with Gasteiger partial charge in [-0.1, -0.05) is 12.8 Å². The van der Waals surface area contributed by atoms with Crippen LogP contribution in [0.25, 0.3) is 0 Å². The molecule has 0 spiro atoms. The Bertz CT molecular complexity index is 354. The Balaban J connectivity index is 2.65. The first-order valence-electron chi connectivity index (χ1n) is 5.56. The summed E-state index contributed by atoms with van der Waals surface area (Å²) in [5, 5.41) is 0. The van der Waals surface area contributed by atoms with Crippen LogP contribution < -0.4 is 0 Å². The Hall–Kier alpha value is -0.630. The quantitative estimate of drug-likeness (QED) is 0.628. The first-order valence-corrected chi connectivity index (χ1v) is 5.56. The molecule has 0 amide bonds. The number of hydrogen-bond donors (Lipinski definition) is 0. The highest BCUT2D eigenvalue weighted by Crippen LogP contribution is 2.72. The van der Waals surface area contributed by atoms with Crippen molar-refractivity contribution in [2.75, 3.05) is 0 Å². The highest BCUT2D eigenvalue weighted by atomic mass is 19.4. The van der Waals surface area contributed by atoms with Gasteiger partial charge in [0.2, 0.25) is 0 Å². The molecule has 0 aromatic carbocycles. The van der Waals surface area contributed by atoms with Gasteiger partial charge in [-0.15, -0.1) is 0 Å². The van der Waals surface area contributed by atoms with Gasteiger partial charge in [-0.05, 0) is 12.8 Å². The second-order valence-corrected chi connectivity index (χ2v) is 4.99. The highest BCUT2D eigenvalue weighted by molar-refractivity contribution is 5.28. The Morgan fingerprint density at radius 2 is 0.842 bits per heavy atom. The molecule has 2 rings (SSSR count). The van der Waals surface area contributed by atoms with Crippen molar-refractivity contribution in [1.29, 1.82) is 0 Å². The van der Waals surface area contributed by atoms with Crippen molar-refractivity contribution in [2.45, 2.75) is 55.0 Å². The van der Waals surface area contributed by atoms with Crippen LogP contribution in [-0.4, -0.2) is 29.4 Å². The van der Waals surface area contributed by atoms with Crippen molar-refractivity contribution in [2.24, 2.45) is 5.92 Å². The molecule has 0 heterocycles. The molecule has 0 unspecified atom stereocenters. The van der Waals surface area contributed by atoms with Gasteiger partial charge in [-0.25, -0.2) is 4.39 Å². The van der Waals surface area contributed by atoms with Crippen molar-refractivity contribution in [3.63, 3.8) is 0 Å². The average Bonchev–Trinajstić information content (AvgIpc) is 2.80.